The zero-order valence-electron chi connectivity index (χ0n) is 11.7. The maximum atomic E-state index is 4.54. The minimum Gasteiger partial charge on any atom is -0.371 e. The van der Waals surface area contributed by atoms with Crippen molar-refractivity contribution in [3.05, 3.63) is 36.7 Å². The summed E-state index contributed by atoms with van der Waals surface area (Å²) in [6, 6.07) is 8.27. The fourth-order valence-electron chi connectivity index (χ4n) is 2.39. The third kappa shape index (κ3) is 2.11. The average molecular weight is 267 g/mol. The number of nitrogens with one attached hydrogen (secondary N) is 1. The van der Waals surface area contributed by atoms with Gasteiger partial charge in [0.05, 0.1) is 0 Å². The lowest BCUT2D eigenvalue weighted by Crippen LogP contribution is -2.22. The Morgan fingerprint density at radius 3 is 2.55 bits per heavy atom. The summed E-state index contributed by atoms with van der Waals surface area (Å²) < 4.78 is 0. The second-order valence-electron chi connectivity index (χ2n) is 4.50. The maximum absolute atomic E-state index is 4.54. The number of H-pyrrole nitrogens is 1. The summed E-state index contributed by atoms with van der Waals surface area (Å²) >= 11 is 0. The molecule has 1 N–H and O–H groups in total. The molecule has 0 atom stereocenters. The SMILES string of the molecule is CCN(CC)c1ccccc1-c1nc2nccnc2[nH]1. The van der Waals surface area contributed by atoms with E-state index in [1.54, 1.807) is 12.4 Å². The molecule has 0 amide bonds. The van der Waals surface area contributed by atoms with Gasteiger partial charge in [-0.1, -0.05) is 12.1 Å². The molecule has 2 aromatic heterocycles. The Kier molecular flexibility index (Phi) is 3.33. The molecule has 5 heteroatoms. The first kappa shape index (κ1) is 12.6. The van der Waals surface area contributed by atoms with E-state index in [1.165, 1.54) is 5.69 Å². The van der Waals surface area contributed by atoms with Gasteiger partial charge in [0.2, 0.25) is 0 Å². The highest BCUT2D eigenvalue weighted by Crippen LogP contribution is 2.29. The molecule has 0 radical (unpaired) electrons. The Labute approximate surface area is 117 Å². The molecule has 0 saturated heterocycles. The molecule has 3 aromatic rings. The molecule has 0 bridgehead atoms. The number of hydrogen-bond donors (Lipinski definition) is 1. The van der Waals surface area contributed by atoms with Gasteiger partial charge in [-0.3, -0.25) is 0 Å². The van der Waals surface area contributed by atoms with Gasteiger partial charge in [-0.05, 0) is 26.0 Å². The summed E-state index contributed by atoms with van der Waals surface area (Å²) in [4.78, 5) is 18.6. The molecule has 0 spiro atoms. The summed E-state index contributed by atoms with van der Waals surface area (Å²) in [5.74, 6) is 0.814. The predicted molar refractivity (Wildman–Crippen MR) is 80.7 cm³/mol. The van der Waals surface area contributed by atoms with Crippen LogP contribution in [0.4, 0.5) is 5.69 Å². The smallest absolute Gasteiger partial charge is 0.197 e. The van der Waals surface area contributed by atoms with Crippen molar-refractivity contribution in [3.63, 3.8) is 0 Å². The molecule has 0 aliphatic carbocycles. The Morgan fingerprint density at radius 1 is 1.05 bits per heavy atom. The van der Waals surface area contributed by atoms with Gasteiger partial charge in [-0.15, -0.1) is 0 Å². The number of nitrogens with zero attached hydrogens (tertiary/aromatic N) is 4. The molecule has 3 rings (SSSR count). The molecule has 5 nitrogen and oxygen atoms in total. The van der Waals surface area contributed by atoms with E-state index >= 15 is 0 Å². The summed E-state index contributed by atoms with van der Waals surface area (Å²) in [7, 11) is 0. The lowest BCUT2D eigenvalue weighted by atomic mass is 10.1. The second-order valence-corrected chi connectivity index (χ2v) is 4.50. The molecule has 0 unspecified atom stereocenters. The van der Waals surface area contributed by atoms with Crippen LogP contribution in [0.5, 0.6) is 0 Å². The van der Waals surface area contributed by atoms with E-state index in [-0.39, 0.29) is 0 Å². The van der Waals surface area contributed by atoms with E-state index in [1.807, 2.05) is 6.07 Å². The second kappa shape index (κ2) is 5.28. The summed E-state index contributed by atoms with van der Waals surface area (Å²) in [5.41, 5.74) is 3.63. The third-order valence-electron chi connectivity index (χ3n) is 3.40. The summed E-state index contributed by atoms with van der Waals surface area (Å²) in [6.45, 7) is 6.23. The number of para-hydroxylation sites is 1. The van der Waals surface area contributed by atoms with Crippen LogP contribution in [-0.4, -0.2) is 33.0 Å². The normalized spacial score (nSPS) is 10.9. The minimum atomic E-state index is 0.650. The van der Waals surface area contributed by atoms with Crippen LogP contribution >= 0.6 is 0 Å². The van der Waals surface area contributed by atoms with Crippen LogP contribution in [0.2, 0.25) is 0 Å². The summed E-state index contributed by atoms with van der Waals surface area (Å²) in [6.07, 6.45) is 3.32. The molecular weight excluding hydrogens is 250 g/mol. The number of benzene rings is 1. The number of aromatic nitrogens is 4. The molecule has 20 heavy (non-hydrogen) atoms. The number of imidazole rings is 1. The first-order chi connectivity index (χ1) is 9.83. The number of fused-ring (bicyclic) bond motifs is 1. The van der Waals surface area contributed by atoms with Crippen molar-refractivity contribution in [2.24, 2.45) is 0 Å². The molecule has 2 heterocycles. The Hall–Kier alpha value is -2.43. The molecule has 0 fully saturated rings. The highest BCUT2D eigenvalue weighted by molar-refractivity contribution is 5.79. The van der Waals surface area contributed by atoms with Crippen molar-refractivity contribution >= 4 is 17.0 Å². The average Bonchev–Trinajstić information content (AvgIpc) is 2.93. The highest BCUT2D eigenvalue weighted by Gasteiger charge is 2.13. The van der Waals surface area contributed by atoms with Crippen molar-refractivity contribution in [2.75, 3.05) is 18.0 Å². The third-order valence-corrected chi connectivity index (χ3v) is 3.40. The fraction of sp³-hybridized carbons (Fsp3) is 0.267. The Bertz CT molecular complexity index is 682. The van der Waals surface area contributed by atoms with E-state index in [0.29, 0.717) is 5.65 Å². The highest BCUT2D eigenvalue weighted by atomic mass is 15.1. The number of rotatable bonds is 4. The fourth-order valence-corrected chi connectivity index (χ4v) is 2.39. The summed E-state index contributed by atoms with van der Waals surface area (Å²) in [5, 5.41) is 0. The Balaban J connectivity index is 2.13. The molecule has 1 aromatic carbocycles. The molecule has 0 saturated carbocycles. The van der Waals surface area contributed by atoms with Crippen LogP contribution in [0.15, 0.2) is 36.7 Å². The maximum Gasteiger partial charge on any atom is 0.197 e. The zero-order valence-corrected chi connectivity index (χ0v) is 11.7. The van der Waals surface area contributed by atoms with Gasteiger partial charge in [0, 0.05) is 36.7 Å². The predicted octanol–water partition coefficient (Wildman–Crippen LogP) is 2.87. The van der Waals surface area contributed by atoms with Gasteiger partial charge >= 0.3 is 0 Å². The molecule has 0 aliphatic heterocycles. The van der Waals surface area contributed by atoms with Gasteiger partial charge in [0.15, 0.2) is 11.3 Å². The van der Waals surface area contributed by atoms with Crippen LogP contribution < -0.4 is 4.90 Å². The van der Waals surface area contributed by atoms with Crippen LogP contribution in [0.3, 0.4) is 0 Å². The number of aromatic amines is 1. The van der Waals surface area contributed by atoms with Gasteiger partial charge < -0.3 is 9.88 Å². The van der Waals surface area contributed by atoms with Crippen molar-refractivity contribution in [2.45, 2.75) is 13.8 Å². The van der Waals surface area contributed by atoms with Crippen molar-refractivity contribution < 1.29 is 0 Å². The van der Waals surface area contributed by atoms with E-state index in [2.05, 4.69) is 56.9 Å². The minimum absolute atomic E-state index is 0.650. The molecular formula is C15H17N5. The van der Waals surface area contributed by atoms with E-state index in [0.717, 1.165) is 30.1 Å². The van der Waals surface area contributed by atoms with Crippen LogP contribution in [0.25, 0.3) is 22.7 Å². The number of hydrogen-bond acceptors (Lipinski definition) is 4. The van der Waals surface area contributed by atoms with E-state index < -0.39 is 0 Å². The van der Waals surface area contributed by atoms with Crippen molar-refractivity contribution in [1.29, 1.82) is 0 Å². The van der Waals surface area contributed by atoms with Gasteiger partial charge in [0.1, 0.15) is 5.82 Å². The zero-order chi connectivity index (χ0) is 13.9. The monoisotopic (exact) mass is 267 g/mol. The van der Waals surface area contributed by atoms with E-state index in [4.69, 9.17) is 0 Å². The molecule has 0 aliphatic rings. The lowest BCUT2D eigenvalue weighted by molar-refractivity contribution is 0.866. The topological polar surface area (TPSA) is 57.7 Å². The van der Waals surface area contributed by atoms with Crippen molar-refractivity contribution in [1.82, 2.24) is 19.9 Å². The van der Waals surface area contributed by atoms with Crippen LogP contribution in [0, 0.1) is 0 Å². The van der Waals surface area contributed by atoms with Crippen LogP contribution in [0.1, 0.15) is 13.8 Å². The molecule has 102 valence electrons. The van der Waals surface area contributed by atoms with Gasteiger partial charge in [-0.2, -0.15) is 0 Å². The van der Waals surface area contributed by atoms with Crippen molar-refractivity contribution in [3.8, 4) is 11.4 Å². The largest absolute Gasteiger partial charge is 0.371 e. The first-order valence-electron chi connectivity index (χ1n) is 6.84. The standard InChI is InChI=1S/C15H17N5/c1-3-20(4-2)12-8-6-5-7-11(12)13-18-14-15(19-13)17-10-9-16-14/h5-10H,3-4H2,1-2H3,(H,16,17,18,19). The van der Waals surface area contributed by atoms with Gasteiger partial charge in [0.25, 0.3) is 0 Å². The quantitative estimate of drug-likeness (QED) is 0.789. The van der Waals surface area contributed by atoms with Crippen LogP contribution in [-0.2, 0) is 0 Å². The van der Waals surface area contributed by atoms with Gasteiger partial charge in [-0.25, -0.2) is 15.0 Å². The number of anilines is 1. The first-order valence-corrected chi connectivity index (χ1v) is 6.84. The van der Waals surface area contributed by atoms with E-state index in [9.17, 15) is 0 Å². The lowest BCUT2D eigenvalue weighted by Gasteiger charge is -2.23. The Morgan fingerprint density at radius 2 is 1.80 bits per heavy atom.